The van der Waals surface area contributed by atoms with Gasteiger partial charge in [-0.2, -0.15) is 0 Å². The van der Waals surface area contributed by atoms with E-state index in [9.17, 15) is 4.79 Å². The van der Waals surface area contributed by atoms with Crippen LogP contribution >= 0.6 is 0 Å². The van der Waals surface area contributed by atoms with Crippen molar-refractivity contribution in [2.45, 2.75) is 78.1 Å². The van der Waals surface area contributed by atoms with Crippen molar-refractivity contribution in [3.63, 3.8) is 0 Å². The van der Waals surface area contributed by atoms with E-state index in [-0.39, 0.29) is 13.0 Å². The zero-order valence-corrected chi connectivity index (χ0v) is 16.2. The van der Waals surface area contributed by atoms with E-state index in [4.69, 9.17) is 10.2 Å². The first-order chi connectivity index (χ1) is 12.2. The number of rotatable bonds is 14. The highest BCUT2D eigenvalue weighted by Crippen LogP contribution is 2.01. The second-order valence-corrected chi connectivity index (χ2v) is 5.69. The molecule has 2 N–H and O–H groups in total. The van der Waals surface area contributed by atoms with Crippen molar-refractivity contribution in [1.82, 2.24) is 0 Å². The number of unbranched alkanes of at least 4 members (excludes halogenated alkanes) is 4. The molecule has 0 aliphatic rings. The Hall–Kier alpha value is -1.61. The molecule has 0 bridgehead atoms. The summed E-state index contributed by atoms with van der Waals surface area (Å²) in [6.07, 6.45) is 27.3. The van der Waals surface area contributed by atoms with Gasteiger partial charge < -0.3 is 10.2 Å². The van der Waals surface area contributed by atoms with Gasteiger partial charge in [0.2, 0.25) is 0 Å². The molecule has 0 aromatic rings. The molecule has 0 saturated carbocycles. The monoisotopic (exact) mass is 350 g/mol. The van der Waals surface area contributed by atoms with Gasteiger partial charge in [0.25, 0.3) is 0 Å². The molecule has 0 aromatic carbocycles. The SMILES string of the molecule is CCCCC/C=C\C/C=C\C/C=C\C/C=C\CCCC(=O)O.CCO. The minimum absolute atomic E-state index is 0.250. The van der Waals surface area contributed by atoms with Gasteiger partial charge >= 0.3 is 5.97 Å². The van der Waals surface area contributed by atoms with Crippen molar-refractivity contribution in [2.75, 3.05) is 6.61 Å². The quantitative estimate of drug-likeness (QED) is 0.289. The lowest BCUT2D eigenvalue weighted by Gasteiger charge is -1.90. The molecule has 0 rings (SSSR count). The normalized spacial score (nSPS) is 11.6. The van der Waals surface area contributed by atoms with Crippen molar-refractivity contribution >= 4 is 5.97 Å². The van der Waals surface area contributed by atoms with Gasteiger partial charge in [-0.05, 0) is 51.9 Å². The van der Waals surface area contributed by atoms with Crippen LogP contribution in [0.3, 0.4) is 0 Å². The molecule has 0 aromatic heterocycles. The van der Waals surface area contributed by atoms with Gasteiger partial charge in [0, 0.05) is 13.0 Å². The summed E-state index contributed by atoms with van der Waals surface area (Å²) in [6, 6.07) is 0. The van der Waals surface area contributed by atoms with Crippen LogP contribution < -0.4 is 0 Å². The third-order valence-corrected chi connectivity index (χ3v) is 3.22. The number of carboxylic acids is 1. The summed E-state index contributed by atoms with van der Waals surface area (Å²) in [5.74, 6) is -0.712. The molecule has 0 radical (unpaired) electrons. The molecule has 0 aliphatic heterocycles. The largest absolute Gasteiger partial charge is 0.481 e. The molecule has 0 unspecified atom stereocenters. The minimum atomic E-state index is -0.712. The second kappa shape index (κ2) is 24.6. The molecule has 0 saturated heterocycles. The minimum Gasteiger partial charge on any atom is -0.481 e. The maximum Gasteiger partial charge on any atom is 0.303 e. The van der Waals surface area contributed by atoms with Gasteiger partial charge in [-0.15, -0.1) is 0 Å². The smallest absolute Gasteiger partial charge is 0.303 e. The van der Waals surface area contributed by atoms with E-state index in [0.717, 1.165) is 32.1 Å². The second-order valence-electron chi connectivity index (χ2n) is 5.69. The molecular formula is C22H38O3. The molecule has 3 heteroatoms. The van der Waals surface area contributed by atoms with E-state index in [2.05, 4.69) is 55.5 Å². The third kappa shape index (κ3) is 30.8. The number of aliphatic hydroxyl groups excluding tert-OH is 1. The van der Waals surface area contributed by atoms with Crippen LogP contribution in [0.5, 0.6) is 0 Å². The van der Waals surface area contributed by atoms with Gasteiger partial charge in [-0.25, -0.2) is 0 Å². The van der Waals surface area contributed by atoms with Crippen molar-refractivity contribution in [2.24, 2.45) is 0 Å². The molecule has 0 fully saturated rings. The van der Waals surface area contributed by atoms with Gasteiger partial charge in [0.05, 0.1) is 0 Å². The summed E-state index contributed by atoms with van der Waals surface area (Å²) in [5, 5.41) is 16.1. The van der Waals surface area contributed by atoms with Gasteiger partial charge in [0.15, 0.2) is 0 Å². The summed E-state index contributed by atoms with van der Waals surface area (Å²) >= 11 is 0. The summed E-state index contributed by atoms with van der Waals surface area (Å²) in [4.78, 5) is 10.3. The van der Waals surface area contributed by atoms with E-state index in [0.29, 0.717) is 0 Å². The third-order valence-electron chi connectivity index (χ3n) is 3.22. The van der Waals surface area contributed by atoms with Crippen molar-refractivity contribution in [3.8, 4) is 0 Å². The van der Waals surface area contributed by atoms with Gasteiger partial charge in [-0.3, -0.25) is 4.79 Å². The fraction of sp³-hybridized carbons (Fsp3) is 0.591. The Bertz CT molecular complexity index is 379. The summed E-state index contributed by atoms with van der Waals surface area (Å²) < 4.78 is 0. The molecule has 0 heterocycles. The van der Waals surface area contributed by atoms with Crippen LogP contribution in [0.1, 0.15) is 78.1 Å². The molecule has 0 atom stereocenters. The number of carboxylic acid groups (broad SMARTS) is 1. The summed E-state index contributed by atoms with van der Waals surface area (Å²) in [6.45, 7) is 4.16. The van der Waals surface area contributed by atoms with Crippen LogP contribution in [-0.4, -0.2) is 22.8 Å². The summed E-state index contributed by atoms with van der Waals surface area (Å²) in [5.41, 5.74) is 0. The number of allylic oxidation sites excluding steroid dienone is 8. The van der Waals surface area contributed by atoms with Crippen LogP contribution in [0.25, 0.3) is 0 Å². The fourth-order valence-electron chi connectivity index (χ4n) is 1.93. The number of carbonyl (C=O) groups is 1. The number of hydrogen-bond donors (Lipinski definition) is 2. The highest BCUT2D eigenvalue weighted by molar-refractivity contribution is 5.66. The summed E-state index contributed by atoms with van der Waals surface area (Å²) in [7, 11) is 0. The van der Waals surface area contributed by atoms with E-state index >= 15 is 0 Å². The average molecular weight is 351 g/mol. The first kappa shape index (κ1) is 25.6. The van der Waals surface area contributed by atoms with Crippen LogP contribution in [0.2, 0.25) is 0 Å². The lowest BCUT2D eigenvalue weighted by atomic mass is 10.2. The topological polar surface area (TPSA) is 57.5 Å². The first-order valence-electron chi connectivity index (χ1n) is 9.61. The molecule has 0 amide bonds. The van der Waals surface area contributed by atoms with E-state index in [1.54, 1.807) is 6.92 Å². The Balaban J connectivity index is 0. The number of hydrogen-bond acceptors (Lipinski definition) is 2. The zero-order valence-electron chi connectivity index (χ0n) is 16.2. The van der Waals surface area contributed by atoms with E-state index in [1.165, 1.54) is 25.7 Å². The Morgan fingerprint density at radius 3 is 1.52 bits per heavy atom. The van der Waals surface area contributed by atoms with Crippen molar-refractivity contribution < 1.29 is 15.0 Å². The molecule has 144 valence electrons. The predicted molar refractivity (Wildman–Crippen MR) is 109 cm³/mol. The van der Waals surface area contributed by atoms with Crippen LogP contribution in [-0.2, 0) is 4.79 Å². The fourth-order valence-corrected chi connectivity index (χ4v) is 1.93. The maximum atomic E-state index is 10.3. The Kier molecular flexibility index (Phi) is 25.3. The first-order valence-corrected chi connectivity index (χ1v) is 9.61. The number of aliphatic hydroxyl groups is 1. The average Bonchev–Trinajstić information content (AvgIpc) is 2.58. The van der Waals surface area contributed by atoms with Crippen LogP contribution in [0.15, 0.2) is 48.6 Å². The van der Waals surface area contributed by atoms with Crippen molar-refractivity contribution in [3.05, 3.63) is 48.6 Å². The molecule has 0 spiro atoms. The number of aliphatic carboxylic acids is 1. The van der Waals surface area contributed by atoms with Crippen LogP contribution in [0, 0.1) is 0 Å². The predicted octanol–water partition coefficient (Wildman–Crippen LogP) is 6.22. The lowest BCUT2D eigenvalue weighted by molar-refractivity contribution is -0.137. The molecule has 3 nitrogen and oxygen atoms in total. The van der Waals surface area contributed by atoms with Crippen LogP contribution in [0.4, 0.5) is 0 Å². The molecule has 25 heavy (non-hydrogen) atoms. The maximum absolute atomic E-state index is 10.3. The standard InChI is InChI=1S/C20H32O2.C2H6O/c1-2-3-4-5-6-7-8-9-10-11-12-13-14-15-16-17-18-19-20(21)22;1-2-3/h6-7,9-10,12-13,15-16H,2-5,8,11,14,17-19H2,1H3,(H,21,22);3H,2H2,1H3/b7-6-,10-9-,13-12-,16-15-;. The van der Waals surface area contributed by atoms with Gasteiger partial charge in [0.1, 0.15) is 0 Å². The van der Waals surface area contributed by atoms with Crippen molar-refractivity contribution in [1.29, 1.82) is 0 Å². The Labute approximate surface area is 154 Å². The highest BCUT2D eigenvalue weighted by Gasteiger charge is 1.92. The van der Waals surface area contributed by atoms with E-state index in [1.807, 2.05) is 0 Å². The highest BCUT2D eigenvalue weighted by atomic mass is 16.4. The lowest BCUT2D eigenvalue weighted by Crippen LogP contribution is -1.92. The zero-order chi connectivity index (χ0) is 19.0. The van der Waals surface area contributed by atoms with Gasteiger partial charge in [-0.1, -0.05) is 68.4 Å². The molecular weight excluding hydrogens is 312 g/mol. The Morgan fingerprint density at radius 2 is 1.12 bits per heavy atom. The Morgan fingerprint density at radius 1 is 0.720 bits per heavy atom. The molecule has 0 aliphatic carbocycles. The van der Waals surface area contributed by atoms with E-state index < -0.39 is 5.97 Å².